The molecule has 10 heteroatoms. The first-order chi connectivity index (χ1) is 19.8. The van der Waals surface area contributed by atoms with Gasteiger partial charge in [0.25, 0.3) is 0 Å². The molecule has 3 aromatic rings. The lowest BCUT2D eigenvalue weighted by molar-refractivity contribution is 0.0668. The minimum absolute atomic E-state index is 0.112. The summed E-state index contributed by atoms with van der Waals surface area (Å²) in [7, 11) is -1.95. The molecule has 8 nitrogen and oxygen atoms in total. The topological polar surface area (TPSA) is 99.0 Å². The molecule has 0 saturated carbocycles. The van der Waals surface area contributed by atoms with Crippen molar-refractivity contribution in [3.05, 3.63) is 59.0 Å². The molecule has 2 N–H and O–H groups in total. The molecule has 5 rings (SSSR count). The van der Waals surface area contributed by atoms with E-state index in [1.54, 1.807) is 6.20 Å². The summed E-state index contributed by atoms with van der Waals surface area (Å²) in [5.41, 5.74) is 6.62. The van der Waals surface area contributed by atoms with Gasteiger partial charge in [-0.1, -0.05) is 27.7 Å². The first-order valence-electron chi connectivity index (χ1n) is 14.7. The summed E-state index contributed by atoms with van der Waals surface area (Å²) < 4.78 is 19.9. The van der Waals surface area contributed by atoms with E-state index in [1.165, 1.54) is 0 Å². The second-order valence-electron chi connectivity index (χ2n) is 13.5. The Kier molecular flexibility index (Phi) is 8.13. The third-order valence-electron chi connectivity index (χ3n) is 9.00. The summed E-state index contributed by atoms with van der Waals surface area (Å²) in [6.45, 7) is 18.5. The van der Waals surface area contributed by atoms with Gasteiger partial charge in [-0.3, -0.25) is 9.88 Å². The van der Waals surface area contributed by atoms with Crippen molar-refractivity contribution < 1.29 is 8.82 Å². The van der Waals surface area contributed by atoms with Crippen molar-refractivity contribution in [3.8, 4) is 17.3 Å². The number of hydrogen-bond acceptors (Lipinski definition) is 8. The van der Waals surface area contributed by atoms with Crippen molar-refractivity contribution in [3.63, 3.8) is 0 Å². The second-order valence-corrected chi connectivity index (χ2v) is 18.3. The maximum atomic E-state index is 13.3. The van der Waals surface area contributed by atoms with Crippen LogP contribution in [-0.4, -0.2) is 67.1 Å². The molecule has 2 aliphatic heterocycles. The summed E-state index contributed by atoms with van der Waals surface area (Å²) in [5.74, 6) is 0.454. The third kappa shape index (κ3) is 6.19. The van der Waals surface area contributed by atoms with Crippen LogP contribution in [0.2, 0.25) is 18.1 Å². The zero-order chi connectivity index (χ0) is 30.3. The number of aryl methyl sites for hydroxylation is 1. The first kappa shape index (κ1) is 30.1. The molecule has 0 bridgehead atoms. The molecule has 1 aromatic carbocycles. The molecular weight excluding hydrogens is 545 g/mol. The number of fused-ring (bicyclic) bond motifs is 1. The average molecular weight is 588 g/mol. The normalized spacial score (nSPS) is 19.1. The second kappa shape index (κ2) is 11.4. The number of pyridine rings is 1. The Bertz CT molecular complexity index is 1510. The average Bonchev–Trinajstić information content (AvgIpc) is 3.26. The molecule has 0 radical (unpaired) electrons. The van der Waals surface area contributed by atoms with Crippen LogP contribution in [0.25, 0.3) is 11.3 Å². The fourth-order valence-corrected chi connectivity index (χ4v) is 6.28. The highest BCUT2D eigenvalue weighted by Gasteiger charge is 2.42. The van der Waals surface area contributed by atoms with Gasteiger partial charge in [-0.25, -0.2) is 14.4 Å². The van der Waals surface area contributed by atoms with E-state index < -0.39 is 14.5 Å². The van der Waals surface area contributed by atoms with Crippen molar-refractivity contribution >= 4 is 25.6 Å². The van der Waals surface area contributed by atoms with Gasteiger partial charge in [-0.15, -0.1) is 0 Å². The van der Waals surface area contributed by atoms with Crippen LogP contribution in [0.15, 0.2) is 36.7 Å². The van der Waals surface area contributed by atoms with Crippen LogP contribution in [0.3, 0.4) is 0 Å². The molecule has 222 valence electrons. The molecule has 0 amide bonds. The van der Waals surface area contributed by atoms with Gasteiger partial charge in [0.15, 0.2) is 8.32 Å². The number of halogens is 1. The van der Waals surface area contributed by atoms with E-state index in [0.29, 0.717) is 44.2 Å². The molecule has 1 fully saturated rings. The van der Waals surface area contributed by atoms with Crippen LogP contribution < -0.4 is 10.6 Å². The van der Waals surface area contributed by atoms with Gasteiger partial charge in [0, 0.05) is 62.6 Å². The lowest BCUT2D eigenvalue weighted by Gasteiger charge is -2.39. The number of benzene rings is 1. The van der Waals surface area contributed by atoms with E-state index in [-0.39, 0.29) is 10.5 Å². The number of nitriles is 1. The van der Waals surface area contributed by atoms with E-state index >= 15 is 0 Å². The van der Waals surface area contributed by atoms with Gasteiger partial charge in [0.2, 0.25) is 5.95 Å². The van der Waals surface area contributed by atoms with E-state index in [0.717, 1.165) is 46.0 Å². The SMILES string of the molecule is Cc1cnc(CCN2CC(F)C2)c(Nc2nccc(-c3cc(C#N)c4c(c3)[C@@](C)(CO[Si](C)(C)C(C)(C)C)CN4)n2)c1. The van der Waals surface area contributed by atoms with Gasteiger partial charge in [0.1, 0.15) is 12.2 Å². The largest absolute Gasteiger partial charge is 0.416 e. The lowest BCUT2D eigenvalue weighted by Crippen LogP contribution is -2.48. The van der Waals surface area contributed by atoms with Crippen molar-refractivity contribution in [2.45, 2.75) is 70.8 Å². The van der Waals surface area contributed by atoms with E-state index in [4.69, 9.17) is 9.41 Å². The fraction of sp³-hybridized carbons (Fsp3) is 0.500. The van der Waals surface area contributed by atoms with Crippen molar-refractivity contribution in [2.75, 3.05) is 43.4 Å². The van der Waals surface area contributed by atoms with Gasteiger partial charge in [-0.05, 0) is 60.4 Å². The molecule has 1 atom stereocenters. The van der Waals surface area contributed by atoms with E-state index in [9.17, 15) is 9.65 Å². The molecule has 2 aliphatic rings. The van der Waals surface area contributed by atoms with Crippen molar-refractivity contribution in [2.24, 2.45) is 0 Å². The van der Waals surface area contributed by atoms with Crippen molar-refractivity contribution in [1.82, 2.24) is 19.9 Å². The Balaban J connectivity index is 1.41. The fourth-order valence-electron chi connectivity index (χ4n) is 5.17. The van der Waals surface area contributed by atoms with Crippen LogP contribution in [0, 0.1) is 18.3 Å². The monoisotopic (exact) mass is 587 g/mol. The number of nitrogens with one attached hydrogen (secondary N) is 2. The predicted octanol–water partition coefficient (Wildman–Crippen LogP) is 6.36. The maximum Gasteiger partial charge on any atom is 0.227 e. The maximum absolute atomic E-state index is 13.3. The number of alkyl halides is 1. The predicted molar refractivity (Wildman–Crippen MR) is 168 cm³/mol. The summed E-state index contributed by atoms with van der Waals surface area (Å²) in [6, 6.07) is 10.3. The quantitative estimate of drug-likeness (QED) is 0.279. The molecule has 0 aliphatic carbocycles. The highest BCUT2D eigenvalue weighted by Crippen LogP contribution is 2.44. The Morgan fingerprint density at radius 3 is 2.69 bits per heavy atom. The summed E-state index contributed by atoms with van der Waals surface area (Å²) in [4.78, 5) is 16.1. The smallest absolute Gasteiger partial charge is 0.227 e. The van der Waals surface area contributed by atoms with Gasteiger partial charge in [-0.2, -0.15) is 5.26 Å². The summed E-state index contributed by atoms with van der Waals surface area (Å²) in [5, 5.41) is 17.0. The van der Waals surface area contributed by atoms with E-state index in [2.05, 4.69) is 78.4 Å². The Morgan fingerprint density at radius 1 is 1.24 bits per heavy atom. The molecule has 1 saturated heterocycles. The molecule has 0 spiro atoms. The summed E-state index contributed by atoms with van der Waals surface area (Å²) >= 11 is 0. The Labute approximate surface area is 249 Å². The van der Waals surface area contributed by atoms with Crippen LogP contribution >= 0.6 is 0 Å². The zero-order valence-electron chi connectivity index (χ0n) is 25.8. The van der Waals surface area contributed by atoms with Gasteiger partial charge < -0.3 is 15.1 Å². The van der Waals surface area contributed by atoms with Gasteiger partial charge in [0.05, 0.1) is 28.3 Å². The molecule has 2 aromatic heterocycles. The minimum atomic E-state index is -1.95. The number of aromatic nitrogens is 3. The zero-order valence-corrected chi connectivity index (χ0v) is 26.8. The first-order valence-corrected chi connectivity index (χ1v) is 17.6. The van der Waals surface area contributed by atoms with Crippen LogP contribution in [0.5, 0.6) is 0 Å². The Hall–Kier alpha value is -3.39. The highest BCUT2D eigenvalue weighted by molar-refractivity contribution is 6.74. The molecular formula is C32H42FN7OSi. The third-order valence-corrected chi connectivity index (χ3v) is 13.5. The minimum Gasteiger partial charge on any atom is -0.416 e. The highest BCUT2D eigenvalue weighted by atomic mass is 28.4. The molecule has 4 heterocycles. The van der Waals surface area contributed by atoms with Gasteiger partial charge >= 0.3 is 0 Å². The van der Waals surface area contributed by atoms with Crippen LogP contribution in [0.1, 0.15) is 50.1 Å². The molecule has 0 unspecified atom stereocenters. The number of hydrogen-bond donors (Lipinski definition) is 2. The molecule has 42 heavy (non-hydrogen) atoms. The van der Waals surface area contributed by atoms with Crippen LogP contribution in [0.4, 0.5) is 21.7 Å². The summed E-state index contributed by atoms with van der Waals surface area (Å²) in [6.07, 6.45) is 3.56. The lowest BCUT2D eigenvalue weighted by atomic mass is 9.83. The number of likely N-dealkylation sites (tertiary alicyclic amines) is 1. The number of rotatable bonds is 9. The van der Waals surface area contributed by atoms with Crippen LogP contribution in [-0.2, 0) is 16.3 Å². The van der Waals surface area contributed by atoms with Crippen molar-refractivity contribution in [1.29, 1.82) is 5.26 Å². The number of anilines is 3. The van der Waals surface area contributed by atoms with E-state index in [1.807, 2.05) is 31.3 Å². The Morgan fingerprint density at radius 2 is 2.00 bits per heavy atom. The number of nitrogens with zero attached hydrogens (tertiary/aromatic N) is 5. The standard InChI is InChI=1S/C32H42FN7OSi/c1-21-12-28(27(36-16-21)9-11-40-17-24(33)18-40)39-30-35-10-8-26(38-30)22-13-23(15-34)29-25(14-22)32(5,19-37-29)20-41-42(6,7)31(2,3)4/h8,10,12-14,16,24,37H,9,11,17-20H2,1-7H3,(H,35,38,39)/t32-/m1/s1.